The summed E-state index contributed by atoms with van der Waals surface area (Å²) in [5.41, 5.74) is -0.0896. The van der Waals surface area contributed by atoms with Gasteiger partial charge in [-0.2, -0.15) is 0 Å². The predicted molar refractivity (Wildman–Crippen MR) is 108 cm³/mol. The van der Waals surface area contributed by atoms with Gasteiger partial charge >= 0.3 is 6.03 Å². The van der Waals surface area contributed by atoms with Crippen LogP contribution in [-0.2, 0) is 14.4 Å². The molecule has 150 valence electrons. The zero-order chi connectivity index (χ0) is 20.5. The highest BCUT2D eigenvalue weighted by Gasteiger charge is 2.55. The van der Waals surface area contributed by atoms with E-state index in [9.17, 15) is 19.2 Å². The summed E-state index contributed by atoms with van der Waals surface area (Å²) in [6, 6.07) is 4.48. The monoisotopic (exact) mass is 450 g/mol. The molecule has 1 heterocycles. The van der Waals surface area contributed by atoms with Gasteiger partial charge in [0.05, 0.1) is 11.4 Å². The van der Waals surface area contributed by atoms with Gasteiger partial charge in [-0.15, -0.1) is 0 Å². The van der Waals surface area contributed by atoms with E-state index in [1.165, 1.54) is 6.92 Å². The zero-order valence-electron chi connectivity index (χ0n) is 15.8. The Bertz CT molecular complexity index is 843. The first-order valence-electron chi connectivity index (χ1n) is 9.24. The number of urea groups is 1. The number of anilines is 2. The molecular weight excluding hydrogens is 428 g/mol. The second-order valence-electron chi connectivity index (χ2n) is 7.36. The lowest BCUT2D eigenvalue weighted by atomic mass is 9.73. The Hall–Kier alpha value is -2.42. The third-order valence-corrected chi connectivity index (χ3v) is 5.86. The number of benzene rings is 1. The average molecular weight is 451 g/mol. The van der Waals surface area contributed by atoms with Crippen LogP contribution >= 0.6 is 15.9 Å². The molecule has 2 atom stereocenters. The van der Waals surface area contributed by atoms with Gasteiger partial charge in [0.25, 0.3) is 5.91 Å². The molecule has 8 nitrogen and oxygen atoms in total. The zero-order valence-corrected chi connectivity index (χ0v) is 17.4. The number of halogens is 1. The largest absolute Gasteiger partial charge is 0.325 e. The Morgan fingerprint density at radius 2 is 2.00 bits per heavy atom. The van der Waals surface area contributed by atoms with Gasteiger partial charge in [-0.25, -0.2) is 4.79 Å². The van der Waals surface area contributed by atoms with Crippen molar-refractivity contribution in [1.82, 2.24) is 10.2 Å². The van der Waals surface area contributed by atoms with Crippen LogP contribution in [0.1, 0.15) is 39.5 Å². The highest BCUT2D eigenvalue weighted by Crippen LogP contribution is 2.38. The van der Waals surface area contributed by atoms with Crippen LogP contribution in [0.3, 0.4) is 0 Å². The van der Waals surface area contributed by atoms with Gasteiger partial charge in [0, 0.05) is 11.4 Å². The molecule has 5 amide bonds. The molecule has 1 saturated heterocycles. The number of hydrogen-bond donors (Lipinski definition) is 3. The van der Waals surface area contributed by atoms with E-state index in [0.717, 1.165) is 24.2 Å². The van der Waals surface area contributed by atoms with Crippen LogP contribution in [0.2, 0.25) is 0 Å². The Morgan fingerprint density at radius 1 is 1.25 bits per heavy atom. The minimum atomic E-state index is -0.896. The molecule has 0 aromatic heterocycles. The molecule has 1 aromatic rings. The van der Waals surface area contributed by atoms with Crippen molar-refractivity contribution in [3.8, 4) is 0 Å². The number of carbonyl (C=O) groups excluding carboxylic acids is 4. The molecule has 0 bridgehead atoms. The molecule has 1 aliphatic heterocycles. The number of imide groups is 1. The molecule has 2 fully saturated rings. The van der Waals surface area contributed by atoms with Gasteiger partial charge in [0.2, 0.25) is 11.8 Å². The standard InChI is InChI=1S/C19H23BrN4O4/c1-11-5-3-4-8-19(11)17(27)24(18(28)23-19)10-16(26)22-15-9-13(20)6-7-14(15)21-12(2)25/h6-7,9,11H,3-5,8,10H2,1-2H3,(H,21,25)(H,22,26)(H,23,28). The number of nitrogens with one attached hydrogen (secondary N) is 3. The van der Waals surface area contributed by atoms with Crippen LogP contribution in [0.5, 0.6) is 0 Å². The molecule has 2 aliphatic rings. The van der Waals surface area contributed by atoms with E-state index in [0.29, 0.717) is 22.3 Å². The molecule has 3 N–H and O–H groups in total. The second kappa shape index (κ2) is 7.90. The fourth-order valence-electron chi connectivity index (χ4n) is 3.89. The van der Waals surface area contributed by atoms with Gasteiger partial charge < -0.3 is 16.0 Å². The van der Waals surface area contributed by atoms with Gasteiger partial charge in [-0.3, -0.25) is 19.3 Å². The van der Waals surface area contributed by atoms with Crippen LogP contribution in [-0.4, -0.2) is 40.7 Å². The van der Waals surface area contributed by atoms with Crippen molar-refractivity contribution in [2.75, 3.05) is 17.2 Å². The Balaban J connectivity index is 1.73. The number of rotatable bonds is 4. The van der Waals surface area contributed by atoms with Gasteiger partial charge in [-0.05, 0) is 37.0 Å². The Kier molecular flexibility index (Phi) is 5.74. The van der Waals surface area contributed by atoms with E-state index >= 15 is 0 Å². The number of carbonyl (C=O) groups is 4. The van der Waals surface area contributed by atoms with Gasteiger partial charge in [-0.1, -0.05) is 35.7 Å². The lowest BCUT2D eigenvalue weighted by molar-refractivity contribution is -0.136. The van der Waals surface area contributed by atoms with Crippen LogP contribution in [0.15, 0.2) is 22.7 Å². The highest BCUT2D eigenvalue weighted by atomic mass is 79.9. The number of nitrogens with zero attached hydrogens (tertiary/aromatic N) is 1. The fraction of sp³-hybridized carbons (Fsp3) is 0.474. The maximum Gasteiger partial charge on any atom is 0.325 e. The Labute approximate surface area is 171 Å². The summed E-state index contributed by atoms with van der Waals surface area (Å²) >= 11 is 3.32. The average Bonchev–Trinajstić information content (AvgIpc) is 2.85. The molecule has 0 radical (unpaired) electrons. The van der Waals surface area contributed by atoms with Crippen molar-refractivity contribution in [3.63, 3.8) is 0 Å². The first-order valence-corrected chi connectivity index (χ1v) is 10.0. The maximum atomic E-state index is 13.0. The van der Waals surface area contributed by atoms with E-state index in [-0.39, 0.29) is 24.3 Å². The van der Waals surface area contributed by atoms with Crippen molar-refractivity contribution in [2.45, 2.75) is 45.1 Å². The van der Waals surface area contributed by atoms with E-state index in [1.807, 2.05) is 6.92 Å². The maximum absolute atomic E-state index is 13.0. The minimum absolute atomic E-state index is 0.0298. The SMILES string of the molecule is CC(=O)Nc1ccc(Br)cc1NC(=O)CN1C(=O)NC2(CCCCC2C)C1=O. The summed E-state index contributed by atoms with van der Waals surface area (Å²) in [6.07, 6.45) is 3.36. The lowest BCUT2D eigenvalue weighted by Gasteiger charge is -2.36. The van der Waals surface area contributed by atoms with E-state index in [4.69, 9.17) is 0 Å². The smallest absolute Gasteiger partial charge is 0.325 e. The van der Waals surface area contributed by atoms with E-state index in [2.05, 4.69) is 31.9 Å². The molecule has 1 spiro atoms. The van der Waals surface area contributed by atoms with Crippen LogP contribution < -0.4 is 16.0 Å². The summed E-state index contributed by atoms with van der Waals surface area (Å²) in [7, 11) is 0. The molecule has 3 rings (SSSR count). The van der Waals surface area contributed by atoms with Crippen molar-refractivity contribution in [1.29, 1.82) is 0 Å². The molecule has 1 saturated carbocycles. The fourth-order valence-corrected chi connectivity index (χ4v) is 4.25. The van der Waals surface area contributed by atoms with Crippen LogP contribution in [0.4, 0.5) is 16.2 Å². The van der Waals surface area contributed by atoms with Gasteiger partial charge in [0.1, 0.15) is 12.1 Å². The molecular formula is C19H23BrN4O4. The van der Waals surface area contributed by atoms with Crippen molar-refractivity contribution >= 4 is 51.1 Å². The van der Waals surface area contributed by atoms with Crippen molar-refractivity contribution in [3.05, 3.63) is 22.7 Å². The predicted octanol–water partition coefficient (Wildman–Crippen LogP) is 2.85. The number of hydrogen-bond acceptors (Lipinski definition) is 4. The van der Waals surface area contributed by atoms with Gasteiger partial charge in [0.15, 0.2) is 0 Å². The second-order valence-corrected chi connectivity index (χ2v) is 8.27. The summed E-state index contributed by atoms with van der Waals surface area (Å²) in [4.78, 5) is 50.3. The number of amides is 5. The molecule has 28 heavy (non-hydrogen) atoms. The highest BCUT2D eigenvalue weighted by molar-refractivity contribution is 9.10. The quantitative estimate of drug-likeness (QED) is 0.612. The topological polar surface area (TPSA) is 108 Å². The third-order valence-electron chi connectivity index (χ3n) is 5.37. The van der Waals surface area contributed by atoms with Crippen molar-refractivity contribution < 1.29 is 19.2 Å². The summed E-state index contributed by atoms with van der Waals surface area (Å²) < 4.78 is 0.710. The third kappa shape index (κ3) is 3.89. The summed E-state index contributed by atoms with van der Waals surface area (Å²) in [6.45, 7) is 2.94. The van der Waals surface area contributed by atoms with Crippen molar-refractivity contribution in [2.24, 2.45) is 5.92 Å². The molecule has 1 aliphatic carbocycles. The summed E-state index contributed by atoms with van der Waals surface area (Å²) in [5.74, 6) is -1.10. The first-order chi connectivity index (χ1) is 13.2. The minimum Gasteiger partial charge on any atom is -0.325 e. The van der Waals surface area contributed by atoms with Crippen LogP contribution in [0, 0.1) is 5.92 Å². The van der Waals surface area contributed by atoms with E-state index in [1.54, 1.807) is 18.2 Å². The Morgan fingerprint density at radius 3 is 2.68 bits per heavy atom. The first kappa shape index (κ1) is 20.3. The molecule has 2 unspecified atom stereocenters. The van der Waals surface area contributed by atoms with E-state index < -0.39 is 17.5 Å². The molecule has 9 heteroatoms. The van der Waals surface area contributed by atoms with Crippen LogP contribution in [0.25, 0.3) is 0 Å². The summed E-state index contributed by atoms with van der Waals surface area (Å²) in [5, 5.41) is 8.13. The normalized spacial score (nSPS) is 24.2. The lowest BCUT2D eigenvalue weighted by Crippen LogP contribution is -2.54. The molecule has 1 aromatic carbocycles.